The van der Waals surface area contributed by atoms with E-state index in [2.05, 4.69) is 4.98 Å². The maximum Gasteiger partial charge on any atom is 0.265 e. The van der Waals surface area contributed by atoms with E-state index in [0.717, 1.165) is 10.6 Å². The number of hydrogen-bond donors (Lipinski definition) is 0. The highest BCUT2D eigenvalue weighted by Crippen LogP contribution is 2.30. The molecule has 0 N–H and O–H groups in total. The molecule has 0 fully saturated rings. The second kappa shape index (κ2) is 8.06. The summed E-state index contributed by atoms with van der Waals surface area (Å²) in [6, 6.07) is 12.0. The molecule has 0 aliphatic rings. The number of thiazole rings is 1. The van der Waals surface area contributed by atoms with Gasteiger partial charge in [-0.05, 0) is 36.8 Å². The Balaban J connectivity index is 1.79. The Labute approximate surface area is 166 Å². The van der Waals surface area contributed by atoms with Crippen LogP contribution in [0.25, 0.3) is 10.6 Å². The Bertz CT molecular complexity index is 973. The number of carbonyl (C=O) groups excluding carboxylic acids is 1. The van der Waals surface area contributed by atoms with E-state index in [1.54, 1.807) is 36.2 Å². The van der Waals surface area contributed by atoms with E-state index < -0.39 is 5.82 Å². The maximum absolute atomic E-state index is 13.9. The van der Waals surface area contributed by atoms with E-state index in [0.29, 0.717) is 21.2 Å². The summed E-state index contributed by atoms with van der Waals surface area (Å²) in [7, 11) is 3.10. The molecule has 140 valence electrons. The Hall–Kier alpha value is -2.44. The van der Waals surface area contributed by atoms with Gasteiger partial charge < -0.3 is 9.64 Å². The van der Waals surface area contributed by atoms with Crippen molar-refractivity contribution in [3.05, 3.63) is 69.4 Å². The molecule has 0 bridgehead atoms. The van der Waals surface area contributed by atoms with Crippen molar-refractivity contribution in [1.29, 1.82) is 0 Å². The quantitative estimate of drug-likeness (QED) is 0.587. The van der Waals surface area contributed by atoms with Crippen LogP contribution in [0.5, 0.6) is 5.75 Å². The smallest absolute Gasteiger partial charge is 0.265 e. The molecule has 7 heteroatoms. The molecule has 0 saturated heterocycles. The lowest BCUT2D eigenvalue weighted by Gasteiger charge is -2.17. The predicted molar refractivity (Wildman–Crippen MR) is 106 cm³/mol. The first kappa shape index (κ1) is 19.3. The first-order chi connectivity index (χ1) is 12.9. The molecule has 1 amide bonds. The van der Waals surface area contributed by atoms with Crippen LogP contribution in [0.1, 0.15) is 20.9 Å². The summed E-state index contributed by atoms with van der Waals surface area (Å²) in [5.41, 5.74) is 2.26. The van der Waals surface area contributed by atoms with Crippen LogP contribution in [0.3, 0.4) is 0 Å². The molecule has 27 heavy (non-hydrogen) atoms. The largest absolute Gasteiger partial charge is 0.494 e. The predicted octanol–water partition coefficient (Wildman–Crippen LogP) is 5.19. The first-order valence-corrected chi connectivity index (χ1v) is 9.39. The van der Waals surface area contributed by atoms with Gasteiger partial charge in [-0.25, -0.2) is 9.37 Å². The van der Waals surface area contributed by atoms with Gasteiger partial charge in [-0.3, -0.25) is 4.79 Å². The number of ether oxygens (including phenoxy) is 1. The van der Waals surface area contributed by atoms with E-state index in [1.165, 1.54) is 24.5 Å². The molecule has 0 spiro atoms. The van der Waals surface area contributed by atoms with Crippen LogP contribution in [0.15, 0.2) is 42.5 Å². The minimum Gasteiger partial charge on any atom is -0.494 e. The third-order valence-electron chi connectivity index (χ3n) is 4.06. The molecule has 0 unspecified atom stereocenters. The third kappa shape index (κ3) is 4.28. The lowest BCUT2D eigenvalue weighted by atomic mass is 10.2. The standard InChI is InChI=1S/C20H18ClFN2O2S/c1-12-18(27-19(23-12)14-5-7-15(21)8-6-14)20(25)24(2)11-13-4-9-17(26-3)16(22)10-13/h4-10H,11H2,1-3H3. The number of nitrogens with zero attached hydrogens (tertiary/aromatic N) is 2. The number of carbonyl (C=O) groups is 1. The Kier molecular flexibility index (Phi) is 5.77. The number of methoxy groups -OCH3 is 1. The van der Waals surface area contributed by atoms with Crippen LogP contribution < -0.4 is 4.74 Å². The lowest BCUT2D eigenvalue weighted by molar-refractivity contribution is 0.0788. The van der Waals surface area contributed by atoms with Gasteiger partial charge in [0.2, 0.25) is 0 Å². The molecule has 0 atom stereocenters. The average molecular weight is 405 g/mol. The van der Waals surface area contributed by atoms with E-state index in [9.17, 15) is 9.18 Å². The summed E-state index contributed by atoms with van der Waals surface area (Å²) < 4.78 is 18.8. The number of aryl methyl sites for hydroxylation is 1. The summed E-state index contributed by atoms with van der Waals surface area (Å²) in [5.74, 6) is -0.421. The number of hydrogen-bond acceptors (Lipinski definition) is 4. The van der Waals surface area contributed by atoms with E-state index in [-0.39, 0.29) is 18.2 Å². The molecule has 0 aliphatic carbocycles. The second-order valence-electron chi connectivity index (χ2n) is 6.07. The molecule has 1 aromatic heterocycles. The zero-order valence-corrected chi connectivity index (χ0v) is 16.7. The number of benzene rings is 2. The van der Waals surface area contributed by atoms with Gasteiger partial charge in [0.1, 0.15) is 9.88 Å². The molecule has 0 radical (unpaired) electrons. The fraction of sp³-hybridized carbons (Fsp3) is 0.200. The van der Waals surface area contributed by atoms with Gasteiger partial charge in [0.05, 0.1) is 12.8 Å². The molecule has 1 heterocycles. The van der Waals surface area contributed by atoms with Crippen molar-refractivity contribution in [2.45, 2.75) is 13.5 Å². The zero-order valence-electron chi connectivity index (χ0n) is 15.1. The summed E-state index contributed by atoms with van der Waals surface area (Å²) in [6.07, 6.45) is 0. The maximum atomic E-state index is 13.9. The van der Waals surface area contributed by atoms with Crippen molar-refractivity contribution in [2.75, 3.05) is 14.2 Å². The molecule has 0 saturated carbocycles. The molecule has 4 nitrogen and oxygen atoms in total. The van der Waals surface area contributed by atoms with Crippen LogP contribution in [-0.4, -0.2) is 29.9 Å². The third-order valence-corrected chi connectivity index (χ3v) is 5.51. The summed E-state index contributed by atoms with van der Waals surface area (Å²) in [5, 5.41) is 1.41. The van der Waals surface area contributed by atoms with E-state index >= 15 is 0 Å². The molecular weight excluding hydrogens is 387 g/mol. The minimum absolute atomic E-state index is 0.151. The fourth-order valence-corrected chi connectivity index (χ4v) is 3.83. The zero-order chi connectivity index (χ0) is 19.6. The average Bonchev–Trinajstić information content (AvgIpc) is 3.03. The van der Waals surface area contributed by atoms with E-state index in [4.69, 9.17) is 16.3 Å². The van der Waals surface area contributed by atoms with Crippen LogP contribution >= 0.6 is 22.9 Å². The highest BCUT2D eigenvalue weighted by molar-refractivity contribution is 7.17. The molecule has 3 aromatic rings. The summed E-state index contributed by atoms with van der Waals surface area (Å²) >= 11 is 7.26. The monoisotopic (exact) mass is 404 g/mol. The van der Waals surface area contributed by atoms with Gasteiger partial charge in [-0.15, -0.1) is 11.3 Å². The number of rotatable bonds is 5. The lowest BCUT2D eigenvalue weighted by Crippen LogP contribution is -2.26. The summed E-state index contributed by atoms with van der Waals surface area (Å²) in [4.78, 5) is 19.5. The van der Waals surface area contributed by atoms with Crippen molar-refractivity contribution in [1.82, 2.24) is 9.88 Å². The van der Waals surface area contributed by atoms with E-state index in [1.807, 2.05) is 19.1 Å². The highest BCUT2D eigenvalue weighted by Gasteiger charge is 2.20. The Morgan fingerprint density at radius 3 is 2.59 bits per heavy atom. The summed E-state index contributed by atoms with van der Waals surface area (Å²) in [6.45, 7) is 2.09. The molecular formula is C20H18ClFN2O2S. The SMILES string of the molecule is COc1ccc(CN(C)C(=O)c2sc(-c3ccc(Cl)cc3)nc2C)cc1F. The van der Waals surface area contributed by atoms with Gasteiger partial charge in [-0.1, -0.05) is 29.8 Å². The van der Waals surface area contributed by atoms with Crippen molar-refractivity contribution in [2.24, 2.45) is 0 Å². The van der Waals surface area contributed by atoms with Crippen molar-refractivity contribution in [3.8, 4) is 16.3 Å². The number of halogens is 2. The topological polar surface area (TPSA) is 42.4 Å². The second-order valence-corrected chi connectivity index (χ2v) is 7.51. The van der Waals surface area contributed by atoms with Gasteiger partial charge in [-0.2, -0.15) is 0 Å². The van der Waals surface area contributed by atoms with Crippen molar-refractivity contribution < 1.29 is 13.9 Å². The first-order valence-electron chi connectivity index (χ1n) is 8.20. The number of amides is 1. The fourth-order valence-electron chi connectivity index (χ4n) is 2.64. The van der Waals surface area contributed by atoms with Crippen LogP contribution in [0.2, 0.25) is 5.02 Å². The van der Waals surface area contributed by atoms with Crippen molar-refractivity contribution in [3.63, 3.8) is 0 Å². The van der Waals surface area contributed by atoms with Gasteiger partial charge in [0.15, 0.2) is 11.6 Å². The minimum atomic E-state index is -0.449. The number of aromatic nitrogens is 1. The van der Waals surface area contributed by atoms with Crippen molar-refractivity contribution >= 4 is 28.8 Å². The Morgan fingerprint density at radius 2 is 1.96 bits per heavy atom. The van der Waals surface area contributed by atoms with Gasteiger partial charge >= 0.3 is 0 Å². The van der Waals surface area contributed by atoms with Crippen LogP contribution in [0.4, 0.5) is 4.39 Å². The Morgan fingerprint density at radius 1 is 1.26 bits per heavy atom. The van der Waals surface area contributed by atoms with Crippen LogP contribution in [-0.2, 0) is 6.54 Å². The molecule has 0 aliphatic heterocycles. The van der Waals surface area contributed by atoms with Crippen LogP contribution in [0, 0.1) is 12.7 Å². The van der Waals surface area contributed by atoms with Gasteiger partial charge in [0, 0.05) is 24.2 Å². The van der Waals surface area contributed by atoms with Gasteiger partial charge in [0.25, 0.3) is 5.91 Å². The molecule has 3 rings (SSSR count). The molecule has 2 aromatic carbocycles. The highest BCUT2D eigenvalue weighted by atomic mass is 35.5. The normalized spacial score (nSPS) is 10.7.